The molecule has 136 valence electrons. The Morgan fingerprint density at radius 2 is 2.00 bits per heavy atom. The summed E-state index contributed by atoms with van der Waals surface area (Å²) < 4.78 is 0. The van der Waals surface area contributed by atoms with Crippen LogP contribution in [0.5, 0.6) is 0 Å². The number of aliphatic imine (C=N–C) groups is 1. The third-order valence-corrected chi connectivity index (χ3v) is 4.40. The molecule has 0 saturated heterocycles. The lowest BCUT2D eigenvalue weighted by Crippen LogP contribution is -2.43. The zero-order chi connectivity index (χ0) is 17.8. The van der Waals surface area contributed by atoms with Crippen molar-refractivity contribution in [1.29, 1.82) is 0 Å². The van der Waals surface area contributed by atoms with Gasteiger partial charge in [-0.2, -0.15) is 0 Å². The average molecular weight is 333 g/mol. The van der Waals surface area contributed by atoms with Crippen LogP contribution in [0.25, 0.3) is 0 Å². The number of nitrogens with zero attached hydrogens (tertiary/aromatic N) is 2. The van der Waals surface area contributed by atoms with E-state index in [-0.39, 0.29) is 0 Å². The highest BCUT2D eigenvalue weighted by atomic mass is 15.2. The lowest BCUT2D eigenvalue weighted by molar-refractivity contribution is 0.292. The predicted octanol–water partition coefficient (Wildman–Crippen LogP) is 3.21. The second-order valence-electron chi connectivity index (χ2n) is 6.45. The van der Waals surface area contributed by atoms with Crippen molar-refractivity contribution in [2.45, 2.75) is 53.0 Å². The fourth-order valence-electron chi connectivity index (χ4n) is 2.85. The molecule has 0 heterocycles. The third kappa shape index (κ3) is 8.34. The van der Waals surface area contributed by atoms with E-state index in [9.17, 15) is 0 Å². The van der Waals surface area contributed by atoms with Gasteiger partial charge in [-0.3, -0.25) is 4.99 Å². The van der Waals surface area contributed by atoms with E-state index in [1.54, 1.807) is 0 Å². The number of benzene rings is 1. The fraction of sp³-hybridized carbons (Fsp3) is 0.650. The van der Waals surface area contributed by atoms with Gasteiger partial charge in [-0.05, 0) is 58.3 Å². The highest BCUT2D eigenvalue weighted by Gasteiger charge is 2.06. The van der Waals surface area contributed by atoms with Crippen molar-refractivity contribution in [3.05, 3.63) is 35.4 Å². The van der Waals surface area contributed by atoms with Gasteiger partial charge in [-0.25, -0.2) is 0 Å². The van der Waals surface area contributed by atoms with E-state index in [0.717, 1.165) is 38.4 Å². The molecular formula is C20H36N4. The van der Waals surface area contributed by atoms with Crippen molar-refractivity contribution >= 4 is 5.96 Å². The monoisotopic (exact) mass is 332 g/mol. The molecule has 1 rings (SSSR count). The van der Waals surface area contributed by atoms with Gasteiger partial charge in [0.15, 0.2) is 5.96 Å². The molecule has 0 amide bonds. The molecule has 0 radical (unpaired) electrons. The summed E-state index contributed by atoms with van der Waals surface area (Å²) in [7, 11) is 1.84. The molecule has 4 heteroatoms. The smallest absolute Gasteiger partial charge is 0.191 e. The van der Waals surface area contributed by atoms with Crippen molar-refractivity contribution in [1.82, 2.24) is 15.5 Å². The summed E-state index contributed by atoms with van der Waals surface area (Å²) in [6, 6.07) is 9.12. The van der Waals surface area contributed by atoms with E-state index in [1.165, 1.54) is 24.1 Å². The van der Waals surface area contributed by atoms with Crippen molar-refractivity contribution in [3.63, 3.8) is 0 Å². The molecular weight excluding hydrogens is 296 g/mol. The van der Waals surface area contributed by atoms with Gasteiger partial charge in [0.2, 0.25) is 0 Å². The maximum atomic E-state index is 4.34. The molecule has 1 atom stereocenters. The van der Waals surface area contributed by atoms with Gasteiger partial charge < -0.3 is 15.5 Å². The number of aryl methyl sites for hydroxylation is 1. The van der Waals surface area contributed by atoms with Crippen LogP contribution in [0.15, 0.2) is 29.3 Å². The SMILES string of the molecule is CCN(CC)CCCC(C)NC(=NC)NCCc1cccc(C)c1. The molecule has 0 saturated carbocycles. The number of nitrogens with one attached hydrogen (secondary N) is 2. The van der Waals surface area contributed by atoms with Crippen molar-refractivity contribution < 1.29 is 0 Å². The predicted molar refractivity (Wildman–Crippen MR) is 106 cm³/mol. The lowest BCUT2D eigenvalue weighted by Gasteiger charge is -2.21. The van der Waals surface area contributed by atoms with Crippen LogP contribution in [0, 0.1) is 6.92 Å². The van der Waals surface area contributed by atoms with Crippen LogP contribution in [0.1, 0.15) is 44.7 Å². The molecule has 1 aromatic rings. The van der Waals surface area contributed by atoms with E-state index in [2.05, 4.69) is 72.5 Å². The second-order valence-corrected chi connectivity index (χ2v) is 6.45. The third-order valence-electron chi connectivity index (χ3n) is 4.40. The van der Waals surface area contributed by atoms with Gasteiger partial charge in [0.05, 0.1) is 0 Å². The minimum absolute atomic E-state index is 0.436. The van der Waals surface area contributed by atoms with Gasteiger partial charge in [0.25, 0.3) is 0 Å². The molecule has 1 aromatic carbocycles. The highest BCUT2D eigenvalue weighted by molar-refractivity contribution is 5.79. The summed E-state index contributed by atoms with van der Waals surface area (Å²) in [5, 5.41) is 6.91. The number of rotatable bonds is 10. The Balaban J connectivity index is 2.26. The average Bonchev–Trinajstić information content (AvgIpc) is 2.58. The van der Waals surface area contributed by atoms with E-state index in [0.29, 0.717) is 6.04 Å². The Kier molecular flexibility index (Phi) is 10.2. The lowest BCUT2D eigenvalue weighted by atomic mass is 10.1. The molecule has 0 fully saturated rings. The molecule has 0 aliphatic rings. The maximum Gasteiger partial charge on any atom is 0.191 e. The molecule has 0 aliphatic heterocycles. The summed E-state index contributed by atoms with van der Waals surface area (Å²) >= 11 is 0. The summed E-state index contributed by atoms with van der Waals surface area (Å²) in [6.07, 6.45) is 3.39. The van der Waals surface area contributed by atoms with Crippen molar-refractivity contribution in [2.75, 3.05) is 33.2 Å². The van der Waals surface area contributed by atoms with E-state index in [1.807, 2.05) is 7.05 Å². The summed E-state index contributed by atoms with van der Waals surface area (Å²) in [6.45, 7) is 13.2. The Labute approximate surface area is 148 Å². The van der Waals surface area contributed by atoms with Gasteiger partial charge >= 0.3 is 0 Å². The van der Waals surface area contributed by atoms with Crippen LogP contribution in [0.3, 0.4) is 0 Å². The Morgan fingerprint density at radius 3 is 2.62 bits per heavy atom. The molecule has 0 aromatic heterocycles. The number of hydrogen-bond acceptors (Lipinski definition) is 2. The first kappa shape index (κ1) is 20.5. The first-order chi connectivity index (χ1) is 11.6. The zero-order valence-electron chi connectivity index (χ0n) is 16.2. The van der Waals surface area contributed by atoms with Crippen molar-refractivity contribution in [3.8, 4) is 0 Å². The van der Waals surface area contributed by atoms with Crippen LogP contribution >= 0.6 is 0 Å². The maximum absolute atomic E-state index is 4.34. The quantitative estimate of drug-likeness (QED) is 0.510. The Hall–Kier alpha value is -1.55. The van der Waals surface area contributed by atoms with Crippen molar-refractivity contribution in [2.24, 2.45) is 4.99 Å². The topological polar surface area (TPSA) is 39.7 Å². The molecule has 1 unspecified atom stereocenters. The molecule has 0 aliphatic carbocycles. The summed E-state index contributed by atoms with van der Waals surface area (Å²) in [5.74, 6) is 0.901. The largest absolute Gasteiger partial charge is 0.356 e. The first-order valence-electron chi connectivity index (χ1n) is 9.34. The number of guanidine groups is 1. The molecule has 2 N–H and O–H groups in total. The van der Waals surface area contributed by atoms with E-state index < -0.39 is 0 Å². The fourth-order valence-corrected chi connectivity index (χ4v) is 2.85. The zero-order valence-corrected chi connectivity index (χ0v) is 16.2. The first-order valence-corrected chi connectivity index (χ1v) is 9.34. The Bertz CT molecular complexity index is 480. The molecule has 0 spiro atoms. The van der Waals surface area contributed by atoms with Gasteiger partial charge in [-0.15, -0.1) is 0 Å². The standard InChI is InChI=1S/C20H36N4/c1-6-24(7-2)15-9-11-18(4)23-20(21-5)22-14-13-19-12-8-10-17(3)16-19/h8,10,12,16,18H,6-7,9,11,13-15H2,1-5H3,(H2,21,22,23). The normalized spacial score (nSPS) is 13.2. The van der Waals surface area contributed by atoms with Crippen LogP contribution < -0.4 is 10.6 Å². The van der Waals surface area contributed by atoms with Crippen LogP contribution in [-0.4, -0.2) is 50.1 Å². The van der Waals surface area contributed by atoms with E-state index in [4.69, 9.17) is 0 Å². The summed E-state index contributed by atoms with van der Waals surface area (Å²) in [4.78, 5) is 6.81. The van der Waals surface area contributed by atoms with E-state index >= 15 is 0 Å². The van der Waals surface area contributed by atoms with Gasteiger partial charge in [0.1, 0.15) is 0 Å². The highest BCUT2D eigenvalue weighted by Crippen LogP contribution is 2.04. The second kappa shape index (κ2) is 11.9. The number of hydrogen-bond donors (Lipinski definition) is 2. The Morgan fingerprint density at radius 1 is 1.25 bits per heavy atom. The van der Waals surface area contributed by atoms with Crippen LogP contribution in [0.2, 0.25) is 0 Å². The molecule has 0 bridgehead atoms. The van der Waals surface area contributed by atoms with Crippen LogP contribution in [0.4, 0.5) is 0 Å². The van der Waals surface area contributed by atoms with Gasteiger partial charge in [-0.1, -0.05) is 43.7 Å². The summed E-state index contributed by atoms with van der Waals surface area (Å²) in [5.41, 5.74) is 2.68. The molecule has 24 heavy (non-hydrogen) atoms. The van der Waals surface area contributed by atoms with Crippen LogP contribution in [-0.2, 0) is 6.42 Å². The minimum atomic E-state index is 0.436. The molecule has 4 nitrogen and oxygen atoms in total. The minimum Gasteiger partial charge on any atom is -0.356 e. The van der Waals surface area contributed by atoms with Gasteiger partial charge in [0, 0.05) is 19.6 Å².